The molecule has 0 spiro atoms. The average Bonchev–Trinajstić information content (AvgIpc) is 2.96. The second-order valence-electron chi connectivity index (χ2n) is 4.48. The molecule has 2 aromatic heterocycles. The Labute approximate surface area is 115 Å². The molecule has 2 rings (SSSR count). The van der Waals surface area contributed by atoms with Crippen LogP contribution in [-0.2, 0) is 0 Å². The van der Waals surface area contributed by atoms with Crippen LogP contribution in [0, 0.1) is 0 Å². The number of carbonyl (C=O) groups is 1. The molecule has 19 heavy (non-hydrogen) atoms. The molecule has 0 saturated heterocycles. The number of hydrogen-bond acceptors (Lipinski definition) is 4. The molecule has 0 radical (unpaired) electrons. The van der Waals surface area contributed by atoms with E-state index in [4.69, 9.17) is 11.6 Å². The van der Waals surface area contributed by atoms with Crippen LogP contribution in [0.2, 0.25) is 5.02 Å². The molecule has 0 bridgehead atoms. The Balaban J connectivity index is 2.13. The van der Waals surface area contributed by atoms with Gasteiger partial charge in [-0.15, -0.1) is 10.2 Å². The molecule has 1 amide bonds. The van der Waals surface area contributed by atoms with Crippen molar-refractivity contribution < 1.29 is 4.79 Å². The average molecular weight is 283 g/mol. The van der Waals surface area contributed by atoms with Gasteiger partial charge in [0.15, 0.2) is 5.82 Å². The van der Waals surface area contributed by atoms with E-state index in [1.807, 2.05) is 25.3 Å². The third-order valence-electron chi connectivity index (χ3n) is 2.71. The van der Waals surface area contributed by atoms with Crippen LogP contribution in [0.3, 0.4) is 0 Å². The smallest absolute Gasteiger partial charge is 0.271 e. The number of aromatic nitrogens is 5. The van der Waals surface area contributed by atoms with Crippen LogP contribution in [0.1, 0.15) is 49.2 Å². The Morgan fingerprint density at radius 1 is 1.47 bits per heavy atom. The highest BCUT2D eigenvalue weighted by molar-refractivity contribution is 6.33. The summed E-state index contributed by atoms with van der Waals surface area (Å²) in [7, 11) is 0. The highest BCUT2D eigenvalue weighted by atomic mass is 35.5. The fraction of sp³-hybridized carbons (Fsp3) is 0.455. The first-order valence-corrected chi connectivity index (χ1v) is 6.27. The van der Waals surface area contributed by atoms with Gasteiger partial charge >= 0.3 is 0 Å². The van der Waals surface area contributed by atoms with Crippen molar-refractivity contribution in [3.63, 3.8) is 0 Å². The van der Waals surface area contributed by atoms with Crippen LogP contribution in [0.4, 0.5) is 0 Å². The van der Waals surface area contributed by atoms with E-state index in [0.717, 1.165) is 0 Å². The van der Waals surface area contributed by atoms with Gasteiger partial charge in [0, 0.05) is 6.04 Å². The first-order chi connectivity index (χ1) is 9.00. The number of amides is 1. The zero-order chi connectivity index (χ0) is 14.0. The van der Waals surface area contributed by atoms with Crippen molar-refractivity contribution in [1.29, 1.82) is 0 Å². The van der Waals surface area contributed by atoms with Gasteiger partial charge in [0.05, 0.1) is 17.3 Å². The lowest BCUT2D eigenvalue weighted by molar-refractivity contribution is 0.0932. The van der Waals surface area contributed by atoms with Crippen LogP contribution < -0.4 is 5.32 Å². The van der Waals surface area contributed by atoms with Crippen molar-refractivity contribution >= 4 is 17.5 Å². The van der Waals surface area contributed by atoms with Crippen molar-refractivity contribution in [2.24, 2.45) is 0 Å². The first-order valence-electron chi connectivity index (χ1n) is 5.89. The number of carbonyl (C=O) groups excluding carboxylic acids is 1. The molecule has 1 atom stereocenters. The summed E-state index contributed by atoms with van der Waals surface area (Å²) in [5.41, 5.74) is 0.240. The second-order valence-corrected chi connectivity index (χ2v) is 4.89. The molecule has 0 saturated carbocycles. The molecule has 7 nitrogen and oxygen atoms in total. The van der Waals surface area contributed by atoms with Crippen LogP contribution in [0.5, 0.6) is 0 Å². The van der Waals surface area contributed by atoms with E-state index >= 15 is 0 Å². The molecular weight excluding hydrogens is 268 g/mol. The van der Waals surface area contributed by atoms with Crippen molar-refractivity contribution in [3.8, 4) is 0 Å². The molecule has 0 aromatic carbocycles. The molecule has 0 aliphatic carbocycles. The lowest BCUT2D eigenvalue weighted by Crippen LogP contribution is -2.29. The summed E-state index contributed by atoms with van der Waals surface area (Å²) < 4.78 is 1.90. The minimum Gasteiger partial charge on any atom is -0.341 e. The summed E-state index contributed by atoms with van der Waals surface area (Å²) >= 11 is 5.84. The molecule has 8 heteroatoms. The minimum atomic E-state index is -0.326. The number of H-pyrrole nitrogens is 1. The van der Waals surface area contributed by atoms with Crippen LogP contribution in [0.15, 0.2) is 12.5 Å². The Hall–Kier alpha value is -1.89. The molecule has 1 unspecified atom stereocenters. The van der Waals surface area contributed by atoms with Gasteiger partial charge in [0.1, 0.15) is 12.0 Å². The van der Waals surface area contributed by atoms with Crippen molar-refractivity contribution in [3.05, 3.63) is 29.1 Å². The SMILES string of the molecule is CC(NC(=O)c1[nH]ncc1Cl)c1nncn1C(C)C. The van der Waals surface area contributed by atoms with E-state index in [9.17, 15) is 4.79 Å². The van der Waals surface area contributed by atoms with E-state index in [1.165, 1.54) is 6.20 Å². The van der Waals surface area contributed by atoms with E-state index < -0.39 is 0 Å². The third-order valence-corrected chi connectivity index (χ3v) is 3.00. The van der Waals surface area contributed by atoms with Gasteiger partial charge in [-0.25, -0.2) is 0 Å². The number of nitrogens with zero attached hydrogens (tertiary/aromatic N) is 4. The maximum Gasteiger partial charge on any atom is 0.271 e. The summed E-state index contributed by atoms with van der Waals surface area (Å²) in [6.07, 6.45) is 3.03. The number of aromatic amines is 1. The topological polar surface area (TPSA) is 88.5 Å². The van der Waals surface area contributed by atoms with Gasteiger partial charge in [-0.2, -0.15) is 5.10 Å². The zero-order valence-corrected chi connectivity index (χ0v) is 11.6. The zero-order valence-electron chi connectivity index (χ0n) is 10.9. The van der Waals surface area contributed by atoms with Gasteiger partial charge < -0.3 is 9.88 Å². The molecular formula is C11H15ClN6O. The molecule has 2 N–H and O–H groups in total. The molecule has 2 heterocycles. The van der Waals surface area contributed by atoms with Gasteiger partial charge in [0.25, 0.3) is 5.91 Å². The second kappa shape index (κ2) is 5.40. The van der Waals surface area contributed by atoms with E-state index in [0.29, 0.717) is 5.82 Å². The van der Waals surface area contributed by atoms with Crippen LogP contribution >= 0.6 is 11.6 Å². The fourth-order valence-corrected chi connectivity index (χ4v) is 1.90. The van der Waals surface area contributed by atoms with Crippen molar-refractivity contribution in [2.45, 2.75) is 32.9 Å². The minimum absolute atomic E-state index is 0.222. The molecule has 102 valence electrons. The predicted octanol–water partition coefficient (Wildman–Crippen LogP) is 1.73. The van der Waals surface area contributed by atoms with Crippen molar-refractivity contribution in [2.75, 3.05) is 0 Å². The fourth-order valence-electron chi connectivity index (χ4n) is 1.72. The highest BCUT2D eigenvalue weighted by Crippen LogP contribution is 2.16. The largest absolute Gasteiger partial charge is 0.341 e. The first kappa shape index (κ1) is 13.5. The maximum absolute atomic E-state index is 12.0. The normalized spacial score (nSPS) is 12.7. The number of hydrogen-bond donors (Lipinski definition) is 2. The summed E-state index contributed by atoms with van der Waals surface area (Å²) in [5, 5.41) is 17.3. The molecule has 0 aliphatic heterocycles. The highest BCUT2D eigenvalue weighted by Gasteiger charge is 2.20. The van der Waals surface area contributed by atoms with Gasteiger partial charge in [-0.05, 0) is 20.8 Å². The Morgan fingerprint density at radius 3 is 2.79 bits per heavy atom. The summed E-state index contributed by atoms with van der Waals surface area (Å²) in [4.78, 5) is 12.0. The van der Waals surface area contributed by atoms with E-state index in [-0.39, 0.29) is 28.7 Å². The Kier molecular flexibility index (Phi) is 3.84. The summed E-state index contributed by atoms with van der Waals surface area (Å²) in [6.45, 7) is 5.88. The summed E-state index contributed by atoms with van der Waals surface area (Å²) in [5.74, 6) is 0.368. The van der Waals surface area contributed by atoms with Gasteiger partial charge in [-0.1, -0.05) is 11.6 Å². The van der Waals surface area contributed by atoms with Crippen molar-refractivity contribution in [1.82, 2.24) is 30.3 Å². The Morgan fingerprint density at radius 2 is 2.21 bits per heavy atom. The maximum atomic E-state index is 12.0. The predicted molar refractivity (Wildman–Crippen MR) is 69.9 cm³/mol. The van der Waals surface area contributed by atoms with Crippen LogP contribution in [0.25, 0.3) is 0 Å². The molecule has 2 aromatic rings. The third kappa shape index (κ3) is 2.76. The van der Waals surface area contributed by atoms with Gasteiger partial charge in [-0.3, -0.25) is 9.89 Å². The standard InChI is InChI=1S/C11H15ClN6O/c1-6(2)18-5-14-17-10(18)7(3)15-11(19)9-8(12)4-13-16-9/h4-7H,1-3H3,(H,13,16)(H,15,19). The lowest BCUT2D eigenvalue weighted by atomic mass is 10.2. The molecule has 0 fully saturated rings. The lowest BCUT2D eigenvalue weighted by Gasteiger charge is -2.16. The quantitative estimate of drug-likeness (QED) is 0.894. The monoisotopic (exact) mass is 282 g/mol. The summed E-state index contributed by atoms with van der Waals surface area (Å²) in [6, 6.07) is -0.0585. The number of nitrogens with one attached hydrogen (secondary N) is 2. The van der Waals surface area contributed by atoms with Crippen LogP contribution in [-0.4, -0.2) is 30.9 Å². The number of rotatable bonds is 4. The van der Waals surface area contributed by atoms with E-state index in [2.05, 4.69) is 25.7 Å². The molecule has 0 aliphatic rings. The van der Waals surface area contributed by atoms with Gasteiger partial charge in [0.2, 0.25) is 0 Å². The Bertz CT molecular complexity index is 575. The number of halogens is 1. The van der Waals surface area contributed by atoms with E-state index in [1.54, 1.807) is 6.33 Å².